The molecule has 0 aliphatic carbocycles. The van der Waals surface area contributed by atoms with Gasteiger partial charge in [-0.1, -0.05) is 71.9 Å². The molecule has 0 heterocycles. The Hall–Kier alpha value is -1.88. The van der Waals surface area contributed by atoms with Crippen LogP contribution in [0.15, 0.2) is 30.3 Å². The van der Waals surface area contributed by atoms with Crippen molar-refractivity contribution in [3.63, 3.8) is 0 Å². The van der Waals surface area contributed by atoms with E-state index in [9.17, 15) is 9.59 Å². The molecule has 0 aliphatic rings. The van der Waals surface area contributed by atoms with E-state index >= 15 is 0 Å². The number of hydrogen-bond acceptors (Lipinski definition) is 5. The van der Waals surface area contributed by atoms with E-state index in [0.717, 1.165) is 24.9 Å². The van der Waals surface area contributed by atoms with Gasteiger partial charge in [-0.15, -0.1) is 0 Å². The summed E-state index contributed by atoms with van der Waals surface area (Å²) >= 11 is 0. The van der Waals surface area contributed by atoms with Crippen LogP contribution in [0.4, 0.5) is 0 Å². The first-order valence-corrected chi connectivity index (χ1v) is 11.6. The second-order valence-electron chi connectivity index (χ2n) is 10.9. The molecule has 0 saturated heterocycles. The average Bonchev–Trinajstić information content (AvgIpc) is 2.71. The minimum atomic E-state index is -0.525. The second-order valence-corrected chi connectivity index (χ2v) is 10.9. The van der Waals surface area contributed by atoms with Crippen molar-refractivity contribution in [1.29, 1.82) is 0 Å². The van der Waals surface area contributed by atoms with Gasteiger partial charge in [0.25, 0.3) is 0 Å². The van der Waals surface area contributed by atoms with E-state index < -0.39 is 11.0 Å². The standard InChI is InChI=1S/C14H20O2.C13H27NO2/c1-11(2)14(3,4)13(15)16-10-12-8-6-5-7-9-12;1-8-9-14(6)13(5,11(15)16-7)10-12(2,3)4/h5-9,11H,10H2,1-4H3;8-10H2,1-7H3. The van der Waals surface area contributed by atoms with E-state index in [1.54, 1.807) is 0 Å². The normalized spacial score (nSPS) is 13.8. The van der Waals surface area contributed by atoms with Gasteiger partial charge in [0, 0.05) is 0 Å². The molecule has 1 aromatic carbocycles. The molecule has 0 amide bonds. The first kappa shape index (κ1) is 30.1. The van der Waals surface area contributed by atoms with Gasteiger partial charge in [-0.25, -0.2) is 0 Å². The van der Waals surface area contributed by atoms with E-state index in [1.165, 1.54) is 7.11 Å². The summed E-state index contributed by atoms with van der Waals surface area (Å²) in [6.45, 7) is 19.7. The largest absolute Gasteiger partial charge is 0.468 e. The third kappa shape index (κ3) is 9.72. The molecule has 0 saturated carbocycles. The molecule has 5 nitrogen and oxygen atoms in total. The van der Waals surface area contributed by atoms with Gasteiger partial charge < -0.3 is 9.47 Å². The third-order valence-corrected chi connectivity index (χ3v) is 6.08. The lowest BCUT2D eigenvalue weighted by Crippen LogP contribution is -2.53. The van der Waals surface area contributed by atoms with Crippen LogP contribution in [0, 0.1) is 16.7 Å². The van der Waals surface area contributed by atoms with Crippen LogP contribution in [0.5, 0.6) is 0 Å². The average molecular weight is 450 g/mol. The zero-order valence-corrected chi connectivity index (χ0v) is 22.4. The van der Waals surface area contributed by atoms with Crippen molar-refractivity contribution in [3.05, 3.63) is 35.9 Å². The van der Waals surface area contributed by atoms with Gasteiger partial charge in [-0.05, 0) is 64.1 Å². The van der Waals surface area contributed by atoms with Crippen LogP contribution in [-0.4, -0.2) is 43.1 Å². The Morgan fingerprint density at radius 3 is 1.91 bits per heavy atom. The van der Waals surface area contributed by atoms with Gasteiger partial charge in [0.1, 0.15) is 12.1 Å². The Morgan fingerprint density at radius 1 is 0.969 bits per heavy atom. The summed E-state index contributed by atoms with van der Waals surface area (Å²) in [4.78, 5) is 25.9. The predicted octanol–water partition coefficient (Wildman–Crippen LogP) is 6.11. The van der Waals surface area contributed by atoms with Crippen LogP contribution in [0.2, 0.25) is 0 Å². The van der Waals surface area contributed by atoms with Gasteiger partial charge in [0.2, 0.25) is 0 Å². The molecule has 32 heavy (non-hydrogen) atoms. The van der Waals surface area contributed by atoms with E-state index in [1.807, 2.05) is 72.0 Å². The molecule has 1 aromatic rings. The number of esters is 2. The summed E-state index contributed by atoms with van der Waals surface area (Å²) < 4.78 is 10.3. The zero-order chi connectivity index (χ0) is 25.2. The van der Waals surface area contributed by atoms with Crippen molar-refractivity contribution in [2.24, 2.45) is 16.7 Å². The smallest absolute Gasteiger partial charge is 0.325 e. The van der Waals surface area contributed by atoms with E-state index in [2.05, 4.69) is 32.6 Å². The Balaban J connectivity index is 0.000000601. The van der Waals surface area contributed by atoms with E-state index in [4.69, 9.17) is 9.47 Å². The van der Waals surface area contributed by atoms with Gasteiger partial charge in [0.05, 0.1) is 12.5 Å². The number of nitrogens with zero attached hydrogens (tertiary/aromatic N) is 1. The van der Waals surface area contributed by atoms with Crippen LogP contribution in [0.3, 0.4) is 0 Å². The molecule has 1 rings (SSSR count). The number of carbonyl (C=O) groups excluding carboxylic acids is 2. The Labute approximate surface area is 196 Å². The fraction of sp³-hybridized carbons (Fsp3) is 0.704. The first-order valence-electron chi connectivity index (χ1n) is 11.6. The first-order chi connectivity index (χ1) is 14.6. The highest BCUT2D eigenvalue weighted by molar-refractivity contribution is 5.80. The molecule has 5 heteroatoms. The summed E-state index contributed by atoms with van der Waals surface area (Å²) in [6.07, 6.45) is 1.83. The van der Waals surface area contributed by atoms with Crippen molar-refractivity contribution in [2.45, 2.75) is 87.3 Å². The number of rotatable bonds is 9. The number of benzene rings is 1. The van der Waals surface area contributed by atoms with Crippen molar-refractivity contribution in [3.8, 4) is 0 Å². The highest BCUT2D eigenvalue weighted by Gasteiger charge is 2.41. The predicted molar refractivity (Wildman–Crippen MR) is 132 cm³/mol. The fourth-order valence-electron chi connectivity index (χ4n) is 3.34. The van der Waals surface area contributed by atoms with Crippen molar-refractivity contribution >= 4 is 11.9 Å². The number of carbonyl (C=O) groups is 2. The summed E-state index contributed by atoms with van der Waals surface area (Å²) in [7, 11) is 3.45. The lowest BCUT2D eigenvalue weighted by Gasteiger charge is -2.40. The molecule has 0 radical (unpaired) electrons. The summed E-state index contributed by atoms with van der Waals surface area (Å²) in [5.41, 5.74) is 0.179. The maximum absolute atomic E-state index is 12.0. The Morgan fingerprint density at radius 2 is 1.50 bits per heavy atom. The lowest BCUT2D eigenvalue weighted by molar-refractivity contribution is -0.158. The van der Waals surface area contributed by atoms with Crippen molar-refractivity contribution in [1.82, 2.24) is 4.90 Å². The molecule has 0 fully saturated rings. The second kappa shape index (κ2) is 13.0. The highest BCUT2D eigenvalue weighted by Crippen LogP contribution is 2.32. The monoisotopic (exact) mass is 449 g/mol. The van der Waals surface area contributed by atoms with Gasteiger partial charge >= 0.3 is 11.9 Å². The van der Waals surface area contributed by atoms with Crippen molar-refractivity contribution in [2.75, 3.05) is 20.7 Å². The van der Waals surface area contributed by atoms with E-state index in [0.29, 0.717) is 6.61 Å². The molecule has 0 bridgehead atoms. The topological polar surface area (TPSA) is 55.8 Å². The molecule has 0 aliphatic heterocycles. The molecule has 0 aromatic heterocycles. The zero-order valence-electron chi connectivity index (χ0n) is 22.4. The van der Waals surface area contributed by atoms with Crippen LogP contribution >= 0.6 is 0 Å². The number of hydrogen-bond donors (Lipinski definition) is 0. The third-order valence-electron chi connectivity index (χ3n) is 6.08. The number of methoxy groups -OCH3 is 1. The van der Waals surface area contributed by atoms with Crippen LogP contribution in [-0.2, 0) is 25.7 Å². The minimum absolute atomic E-state index is 0.102. The van der Waals surface area contributed by atoms with Crippen LogP contribution < -0.4 is 0 Å². The maximum atomic E-state index is 12.0. The fourth-order valence-corrected chi connectivity index (χ4v) is 3.34. The highest BCUT2D eigenvalue weighted by atomic mass is 16.5. The number of ether oxygens (including phenoxy) is 2. The van der Waals surface area contributed by atoms with Crippen molar-refractivity contribution < 1.29 is 19.1 Å². The van der Waals surface area contributed by atoms with Gasteiger partial charge in [0.15, 0.2) is 0 Å². The number of likely N-dealkylation sites (N-methyl/N-ethyl adjacent to an activating group) is 1. The quantitative estimate of drug-likeness (QED) is 0.426. The molecule has 0 N–H and O–H groups in total. The summed E-state index contributed by atoms with van der Waals surface area (Å²) in [5, 5.41) is 0. The van der Waals surface area contributed by atoms with Crippen LogP contribution in [0.1, 0.15) is 80.7 Å². The SMILES string of the molecule is CC(C)C(C)(C)C(=O)OCc1ccccc1.CCCN(C)C(C)(CC(C)(C)C)C(=O)OC. The van der Waals surface area contributed by atoms with Gasteiger partial charge in [-0.3, -0.25) is 14.5 Å². The maximum Gasteiger partial charge on any atom is 0.325 e. The molecule has 1 atom stereocenters. The van der Waals surface area contributed by atoms with E-state index in [-0.39, 0.29) is 23.3 Å². The molecule has 1 unspecified atom stereocenters. The lowest BCUT2D eigenvalue weighted by atomic mass is 9.79. The Kier molecular flexibility index (Phi) is 12.2. The Bertz CT molecular complexity index is 691. The summed E-state index contributed by atoms with van der Waals surface area (Å²) in [5.74, 6) is 0.000464. The molecular formula is C27H47NO4. The van der Waals surface area contributed by atoms with Crippen LogP contribution in [0.25, 0.3) is 0 Å². The summed E-state index contributed by atoms with van der Waals surface area (Å²) in [6, 6.07) is 9.74. The molecule has 184 valence electrons. The van der Waals surface area contributed by atoms with Gasteiger partial charge in [-0.2, -0.15) is 0 Å². The molecular weight excluding hydrogens is 402 g/mol. The molecule has 0 spiro atoms. The minimum Gasteiger partial charge on any atom is -0.468 e.